The number of para-hydroxylation sites is 1. The van der Waals surface area contributed by atoms with Crippen molar-refractivity contribution >= 4 is 6.09 Å². The van der Waals surface area contributed by atoms with E-state index in [0.717, 1.165) is 19.5 Å². The Kier molecular flexibility index (Phi) is 6.22. The van der Waals surface area contributed by atoms with E-state index in [-0.39, 0.29) is 6.09 Å². The first kappa shape index (κ1) is 14.5. The molecule has 0 spiro atoms. The van der Waals surface area contributed by atoms with Crippen molar-refractivity contribution in [2.75, 3.05) is 33.7 Å². The van der Waals surface area contributed by atoms with Crippen LogP contribution in [0.2, 0.25) is 0 Å². The molecule has 4 heteroatoms. The van der Waals surface area contributed by atoms with Crippen LogP contribution in [0.25, 0.3) is 0 Å². The van der Waals surface area contributed by atoms with Gasteiger partial charge in [0.15, 0.2) is 0 Å². The van der Waals surface area contributed by atoms with Gasteiger partial charge in [-0.15, -0.1) is 0 Å². The van der Waals surface area contributed by atoms with Crippen molar-refractivity contribution in [3.05, 3.63) is 30.3 Å². The molecular weight excluding hydrogens is 228 g/mol. The molecule has 4 nitrogen and oxygen atoms in total. The zero-order valence-electron chi connectivity index (χ0n) is 11.4. The highest BCUT2D eigenvalue weighted by Crippen LogP contribution is 2.10. The summed E-state index contributed by atoms with van der Waals surface area (Å²) < 4.78 is 5.33. The molecule has 1 aromatic carbocycles. The Morgan fingerprint density at radius 3 is 2.33 bits per heavy atom. The lowest BCUT2D eigenvalue weighted by atomic mass is 10.3. The lowest BCUT2D eigenvalue weighted by Gasteiger charge is -2.23. The number of carbonyl (C=O) groups excluding carboxylic acids is 1. The largest absolute Gasteiger partial charge is 0.415 e. The molecule has 0 N–H and O–H groups in total. The SMILES string of the molecule is CCCN(CCN(C)C)C(=O)Oc1ccccc1. The normalized spacial score (nSPS) is 10.4. The van der Waals surface area contributed by atoms with Crippen LogP contribution in [0.1, 0.15) is 13.3 Å². The molecule has 0 saturated heterocycles. The number of likely N-dealkylation sites (N-methyl/N-ethyl adjacent to an activating group) is 1. The van der Waals surface area contributed by atoms with E-state index in [2.05, 4.69) is 11.8 Å². The van der Waals surface area contributed by atoms with Crippen molar-refractivity contribution < 1.29 is 9.53 Å². The van der Waals surface area contributed by atoms with Crippen LogP contribution in [-0.4, -0.2) is 49.6 Å². The molecular formula is C14H22N2O2. The smallest absolute Gasteiger partial charge is 0.410 e. The molecule has 1 amide bonds. The standard InChI is InChI=1S/C14H22N2O2/c1-4-10-16(12-11-15(2)3)14(17)18-13-8-6-5-7-9-13/h5-9H,4,10-12H2,1-3H3. The maximum absolute atomic E-state index is 12.0. The maximum atomic E-state index is 12.0. The summed E-state index contributed by atoms with van der Waals surface area (Å²) >= 11 is 0. The molecule has 0 saturated carbocycles. The van der Waals surface area contributed by atoms with E-state index < -0.39 is 0 Å². The molecule has 0 unspecified atom stereocenters. The van der Waals surface area contributed by atoms with Crippen molar-refractivity contribution in [3.8, 4) is 5.75 Å². The molecule has 0 aliphatic rings. The van der Waals surface area contributed by atoms with E-state index in [1.807, 2.05) is 32.3 Å². The third-order valence-corrected chi connectivity index (χ3v) is 2.52. The summed E-state index contributed by atoms with van der Waals surface area (Å²) in [7, 11) is 3.99. The Hall–Kier alpha value is -1.55. The highest BCUT2D eigenvalue weighted by atomic mass is 16.6. The van der Waals surface area contributed by atoms with Gasteiger partial charge >= 0.3 is 6.09 Å². The minimum absolute atomic E-state index is 0.273. The van der Waals surface area contributed by atoms with Gasteiger partial charge in [0.2, 0.25) is 0 Å². The van der Waals surface area contributed by atoms with Gasteiger partial charge in [-0.2, -0.15) is 0 Å². The fourth-order valence-electron chi connectivity index (χ4n) is 1.54. The van der Waals surface area contributed by atoms with E-state index in [4.69, 9.17) is 4.74 Å². The van der Waals surface area contributed by atoms with E-state index in [1.54, 1.807) is 17.0 Å². The van der Waals surface area contributed by atoms with Gasteiger partial charge in [-0.1, -0.05) is 25.1 Å². The lowest BCUT2D eigenvalue weighted by molar-refractivity contribution is 0.148. The molecule has 18 heavy (non-hydrogen) atoms. The number of nitrogens with zero attached hydrogens (tertiary/aromatic N) is 2. The molecule has 1 aromatic rings. The lowest BCUT2D eigenvalue weighted by Crippen LogP contribution is -2.38. The maximum Gasteiger partial charge on any atom is 0.415 e. The fourth-order valence-corrected chi connectivity index (χ4v) is 1.54. The molecule has 0 heterocycles. The molecule has 1 rings (SSSR count). The average Bonchev–Trinajstić information content (AvgIpc) is 2.35. The van der Waals surface area contributed by atoms with Crippen molar-refractivity contribution in [1.29, 1.82) is 0 Å². The highest BCUT2D eigenvalue weighted by molar-refractivity contribution is 5.70. The molecule has 0 aliphatic carbocycles. The second kappa shape index (κ2) is 7.71. The predicted octanol–water partition coefficient (Wildman–Crippen LogP) is 2.46. The van der Waals surface area contributed by atoms with Crippen LogP contribution in [-0.2, 0) is 0 Å². The second-order valence-electron chi connectivity index (χ2n) is 4.47. The van der Waals surface area contributed by atoms with Crippen molar-refractivity contribution in [2.24, 2.45) is 0 Å². The first-order valence-electron chi connectivity index (χ1n) is 6.30. The molecule has 100 valence electrons. The Labute approximate surface area is 109 Å². The Balaban J connectivity index is 2.53. The first-order valence-corrected chi connectivity index (χ1v) is 6.30. The highest BCUT2D eigenvalue weighted by Gasteiger charge is 2.14. The number of amides is 1. The van der Waals surface area contributed by atoms with E-state index in [9.17, 15) is 4.79 Å². The summed E-state index contributed by atoms with van der Waals surface area (Å²) in [5.74, 6) is 0.591. The molecule has 0 fully saturated rings. The van der Waals surface area contributed by atoms with Crippen LogP contribution in [0.3, 0.4) is 0 Å². The Morgan fingerprint density at radius 2 is 1.78 bits per heavy atom. The number of carbonyl (C=O) groups is 1. The topological polar surface area (TPSA) is 32.8 Å². The molecule has 0 atom stereocenters. The van der Waals surface area contributed by atoms with Gasteiger partial charge in [0.05, 0.1) is 0 Å². The minimum atomic E-state index is -0.273. The van der Waals surface area contributed by atoms with Crippen LogP contribution < -0.4 is 4.74 Å². The van der Waals surface area contributed by atoms with Gasteiger partial charge in [-0.3, -0.25) is 0 Å². The summed E-state index contributed by atoms with van der Waals surface area (Å²) in [6.45, 7) is 4.30. The van der Waals surface area contributed by atoms with Gasteiger partial charge in [0.1, 0.15) is 5.75 Å². The van der Waals surface area contributed by atoms with E-state index in [0.29, 0.717) is 12.3 Å². The van der Waals surface area contributed by atoms with E-state index >= 15 is 0 Å². The van der Waals surface area contributed by atoms with Crippen LogP contribution in [0.5, 0.6) is 5.75 Å². The Morgan fingerprint density at radius 1 is 1.11 bits per heavy atom. The molecule has 0 aromatic heterocycles. The first-order chi connectivity index (χ1) is 8.63. The van der Waals surface area contributed by atoms with Crippen LogP contribution >= 0.6 is 0 Å². The number of rotatable bonds is 6. The van der Waals surface area contributed by atoms with Crippen LogP contribution in [0, 0.1) is 0 Å². The van der Waals surface area contributed by atoms with Crippen molar-refractivity contribution in [3.63, 3.8) is 0 Å². The summed E-state index contributed by atoms with van der Waals surface area (Å²) in [4.78, 5) is 15.8. The number of hydrogen-bond acceptors (Lipinski definition) is 3. The minimum Gasteiger partial charge on any atom is -0.410 e. The second-order valence-corrected chi connectivity index (χ2v) is 4.47. The molecule has 0 aliphatic heterocycles. The van der Waals surface area contributed by atoms with Crippen molar-refractivity contribution in [2.45, 2.75) is 13.3 Å². The van der Waals surface area contributed by atoms with Crippen LogP contribution in [0.4, 0.5) is 4.79 Å². The molecule has 0 bridgehead atoms. The number of ether oxygens (including phenoxy) is 1. The monoisotopic (exact) mass is 250 g/mol. The quantitative estimate of drug-likeness (QED) is 0.777. The van der Waals surface area contributed by atoms with E-state index in [1.165, 1.54) is 0 Å². The van der Waals surface area contributed by atoms with Gasteiger partial charge in [-0.05, 0) is 32.6 Å². The van der Waals surface area contributed by atoms with Gasteiger partial charge in [0.25, 0.3) is 0 Å². The van der Waals surface area contributed by atoms with Gasteiger partial charge < -0.3 is 14.5 Å². The third-order valence-electron chi connectivity index (χ3n) is 2.52. The fraction of sp³-hybridized carbons (Fsp3) is 0.500. The predicted molar refractivity (Wildman–Crippen MR) is 72.9 cm³/mol. The Bertz CT molecular complexity index is 352. The number of hydrogen-bond donors (Lipinski definition) is 0. The average molecular weight is 250 g/mol. The third kappa shape index (κ3) is 5.19. The van der Waals surface area contributed by atoms with Crippen molar-refractivity contribution in [1.82, 2.24) is 9.80 Å². The molecule has 0 radical (unpaired) electrons. The van der Waals surface area contributed by atoms with Gasteiger partial charge in [-0.25, -0.2) is 4.79 Å². The summed E-state index contributed by atoms with van der Waals surface area (Å²) in [5.41, 5.74) is 0. The van der Waals surface area contributed by atoms with Crippen LogP contribution in [0.15, 0.2) is 30.3 Å². The summed E-state index contributed by atoms with van der Waals surface area (Å²) in [6.07, 6.45) is 0.655. The zero-order chi connectivity index (χ0) is 13.4. The summed E-state index contributed by atoms with van der Waals surface area (Å²) in [5, 5.41) is 0. The zero-order valence-corrected chi connectivity index (χ0v) is 11.4. The van der Waals surface area contributed by atoms with Gasteiger partial charge in [0, 0.05) is 19.6 Å². The number of benzene rings is 1. The summed E-state index contributed by atoms with van der Waals surface area (Å²) in [6, 6.07) is 9.17.